The van der Waals surface area contributed by atoms with Gasteiger partial charge in [-0.1, -0.05) is 12.1 Å². The van der Waals surface area contributed by atoms with Gasteiger partial charge in [-0.05, 0) is 39.1 Å². The molecule has 28 heavy (non-hydrogen) atoms. The van der Waals surface area contributed by atoms with Crippen LogP contribution in [-0.4, -0.2) is 76.7 Å². The van der Waals surface area contributed by atoms with Crippen LogP contribution in [-0.2, 0) is 9.53 Å². The van der Waals surface area contributed by atoms with Crippen molar-refractivity contribution in [3.8, 4) is 11.4 Å². The number of hydrogen-bond donors (Lipinski definition) is 1. The van der Waals surface area contributed by atoms with Crippen molar-refractivity contribution in [1.82, 2.24) is 25.0 Å². The second-order valence-electron chi connectivity index (χ2n) is 7.98. The fraction of sp³-hybridized carbons (Fsp3) is 0.500. The highest BCUT2D eigenvalue weighted by Crippen LogP contribution is 2.43. The predicted octanol–water partition coefficient (Wildman–Crippen LogP) is 1.57. The smallest absolute Gasteiger partial charge is 0.312 e. The third-order valence-electron chi connectivity index (χ3n) is 5.72. The van der Waals surface area contributed by atoms with E-state index in [1.807, 2.05) is 48.2 Å². The molecule has 1 aromatic heterocycles. The van der Waals surface area contributed by atoms with Crippen molar-refractivity contribution in [3.05, 3.63) is 36.2 Å². The average molecular weight is 383 g/mol. The molecule has 2 aliphatic heterocycles. The van der Waals surface area contributed by atoms with E-state index in [-0.39, 0.29) is 18.0 Å². The molecule has 0 radical (unpaired) electrons. The van der Waals surface area contributed by atoms with Crippen LogP contribution in [0.4, 0.5) is 0 Å². The first kappa shape index (κ1) is 18.6. The van der Waals surface area contributed by atoms with Gasteiger partial charge in [-0.3, -0.25) is 14.7 Å². The maximum Gasteiger partial charge on any atom is 0.312 e. The zero-order valence-corrected chi connectivity index (χ0v) is 16.2. The average Bonchev–Trinajstić information content (AvgIpc) is 3.31. The summed E-state index contributed by atoms with van der Waals surface area (Å²) >= 11 is 0. The monoisotopic (exact) mass is 383 g/mol. The van der Waals surface area contributed by atoms with E-state index in [1.54, 1.807) is 0 Å². The van der Waals surface area contributed by atoms with Gasteiger partial charge in [0.25, 0.3) is 5.91 Å². The summed E-state index contributed by atoms with van der Waals surface area (Å²) in [5.74, 6) is 0.573. The predicted molar refractivity (Wildman–Crippen MR) is 102 cm³/mol. The van der Waals surface area contributed by atoms with Crippen LogP contribution >= 0.6 is 0 Å². The molecule has 1 aromatic carbocycles. The molecule has 1 amide bonds. The van der Waals surface area contributed by atoms with Crippen LogP contribution in [0.5, 0.6) is 0 Å². The minimum atomic E-state index is -0.423. The molecule has 148 valence electrons. The summed E-state index contributed by atoms with van der Waals surface area (Å²) in [6.45, 7) is 1.90. The number of hydrogen-bond acceptors (Lipinski definition) is 6. The van der Waals surface area contributed by atoms with Crippen molar-refractivity contribution in [1.29, 1.82) is 0 Å². The van der Waals surface area contributed by atoms with Gasteiger partial charge in [-0.2, -0.15) is 5.10 Å². The van der Waals surface area contributed by atoms with Crippen molar-refractivity contribution in [2.24, 2.45) is 5.41 Å². The molecule has 2 fully saturated rings. The van der Waals surface area contributed by atoms with E-state index >= 15 is 0 Å². The Morgan fingerprint density at radius 3 is 2.61 bits per heavy atom. The first-order valence-corrected chi connectivity index (χ1v) is 9.58. The van der Waals surface area contributed by atoms with Crippen LogP contribution in [0.25, 0.3) is 11.4 Å². The van der Waals surface area contributed by atoms with Gasteiger partial charge in [0, 0.05) is 37.2 Å². The number of carbonyl (C=O) groups is 2. The van der Waals surface area contributed by atoms with Crippen LogP contribution in [0.2, 0.25) is 0 Å². The maximum absolute atomic E-state index is 12.9. The van der Waals surface area contributed by atoms with E-state index in [0.717, 1.165) is 18.5 Å². The molecular formula is C20H25N5O3. The Bertz CT molecular complexity index is 839. The second-order valence-corrected chi connectivity index (χ2v) is 7.98. The number of amides is 1. The fourth-order valence-corrected chi connectivity index (χ4v) is 4.19. The topological polar surface area (TPSA) is 91.4 Å². The van der Waals surface area contributed by atoms with E-state index in [1.165, 1.54) is 6.33 Å². The number of ether oxygens (including phenoxy) is 1. The summed E-state index contributed by atoms with van der Waals surface area (Å²) in [6, 6.07) is 7.34. The number of aromatic nitrogens is 3. The zero-order valence-electron chi connectivity index (χ0n) is 16.2. The first-order chi connectivity index (χ1) is 13.5. The van der Waals surface area contributed by atoms with Gasteiger partial charge in [0.05, 0.1) is 5.41 Å². The van der Waals surface area contributed by atoms with Gasteiger partial charge in [-0.25, -0.2) is 4.98 Å². The van der Waals surface area contributed by atoms with E-state index < -0.39 is 5.41 Å². The van der Waals surface area contributed by atoms with E-state index in [2.05, 4.69) is 15.2 Å². The second kappa shape index (κ2) is 7.35. The Kier molecular flexibility index (Phi) is 4.89. The number of rotatable bonds is 4. The van der Waals surface area contributed by atoms with E-state index in [4.69, 9.17) is 4.74 Å². The molecule has 1 N–H and O–H groups in total. The summed E-state index contributed by atoms with van der Waals surface area (Å²) in [5.41, 5.74) is 1.10. The third kappa shape index (κ3) is 3.52. The Morgan fingerprint density at radius 1 is 1.29 bits per heavy atom. The molecule has 2 aromatic rings. The number of H-pyrrole nitrogens is 1. The van der Waals surface area contributed by atoms with E-state index in [0.29, 0.717) is 37.3 Å². The number of carbonyl (C=O) groups excluding carboxylic acids is 2. The SMILES string of the molecule is CN(C)CC1CC2(CCN(C(=O)c3ccc(-c4ncn[nH]4)cc3)CC2)C(=O)O1. The summed E-state index contributed by atoms with van der Waals surface area (Å²) < 4.78 is 5.60. The molecule has 0 bridgehead atoms. The highest BCUT2D eigenvalue weighted by Gasteiger charge is 2.50. The number of likely N-dealkylation sites (N-methyl/N-ethyl adjacent to an activating group) is 1. The first-order valence-electron chi connectivity index (χ1n) is 9.58. The largest absolute Gasteiger partial charge is 0.461 e. The van der Waals surface area contributed by atoms with Crippen LogP contribution in [0, 0.1) is 5.41 Å². The minimum absolute atomic E-state index is 0.00447. The summed E-state index contributed by atoms with van der Waals surface area (Å²) in [6.07, 6.45) is 3.48. The van der Waals surface area contributed by atoms with Crippen LogP contribution in [0.3, 0.4) is 0 Å². The standard InChI is InChI=1S/C20H25N5O3/c1-24(2)12-16-11-20(19(27)28-16)7-9-25(10-8-20)18(26)15-5-3-14(4-6-15)17-21-13-22-23-17/h3-6,13,16H,7-12H2,1-2H3,(H,21,22,23). The lowest BCUT2D eigenvalue weighted by Crippen LogP contribution is -2.45. The van der Waals surface area contributed by atoms with Gasteiger partial charge in [0.15, 0.2) is 5.82 Å². The lowest BCUT2D eigenvalue weighted by atomic mass is 9.76. The number of esters is 1. The number of nitrogens with one attached hydrogen (secondary N) is 1. The maximum atomic E-state index is 12.9. The van der Waals surface area contributed by atoms with Gasteiger partial charge in [0.1, 0.15) is 12.4 Å². The van der Waals surface area contributed by atoms with Crippen LogP contribution in [0.15, 0.2) is 30.6 Å². The molecule has 2 aliphatic rings. The molecule has 1 spiro atoms. The Morgan fingerprint density at radius 2 is 2.00 bits per heavy atom. The van der Waals surface area contributed by atoms with Crippen molar-refractivity contribution >= 4 is 11.9 Å². The zero-order chi connectivity index (χ0) is 19.7. The summed E-state index contributed by atoms with van der Waals surface area (Å²) in [4.78, 5) is 33.3. The highest BCUT2D eigenvalue weighted by molar-refractivity contribution is 5.95. The molecule has 0 aliphatic carbocycles. The Balaban J connectivity index is 1.38. The Labute approximate surface area is 163 Å². The molecule has 3 heterocycles. The number of cyclic esters (lactones) is 1. The van der Waals surface area contributed by atoms with Crippen LogP contribution in [0.1, 0.15) is 29.6 Å². The van der Waals surface area contributed by atoms with Crippen molar-refractivity contribution < 1.29 is 14.3 Å². The number of nitrogens with zero attached hydrogens (tertiary/aromatic N) is 4. The van der Waals surface area contributed by atoms with E-state index in [9.17, 15) is 9.59 Å². The molecular weight excluding hydrogens is 358 g/mol. The molecule has 8 heteroatoms. The third-order valence-corrected chi connectivity index (χ3v) is 5.72. The normalized spacial score (nSPS) is 21.3. The quantitative estimate of drug-likeness (QED) is 0.806. The molecule has 4 rings (SSSR count). The number of aromatic amines is 1. The van der Waals surface area contributed by atoms with Gasteiger partial charge in [0.2, 0.25) is 0 Å². The Hall–Kier alpha value is -2.74. The lowest BCUT2D eigenvalue weighted by Gasteiger charge is -2.36. The van der Waals surface area contributed by atoms with Crippen molar-refractivity contribution in [2.75, 3.05) is 33.7 Å². The highest BCUT2D eigenvalue weighted by atomic mass is 16.6. The van der Waals surface area contributed by atoms with Gasteiger partial charge >= 0.3 is 5.97 Å². The van der Waals surface area contributed by atoms with Crippen LogP contribution < -0.4 is 0 Å². The summed E-state index contributed by atoms with van der Waals surface area (Å²) in [5, 5.41) is 6.65. The van der Waals surface area contributed by atoms with Crippen molar-refractivity contribution in [3.63, 3.8) is 0 Å². The number of likely N-dealkylation sites (tertiary alicyclic amines) is 1. The number of benzene rings is 1. The number of piperidine rings is 1. The fourth-order valence-electron chi connectivity index (χ4n) is 4.19. The molecule has 1 atom stereocenters. The lowest BCUT2D eigenvalue weighted by molar-refractivity contribution is -0.150. The van der Waals surface area contributed by atoms with Crippen molar-refractivity contribution in [2.45, 2.75) is 25.4 Å². The van der Waals surface area contributed by atoms with Gasteiger partial charge < -0.3 is 14.5 Å². The molecule has 8 nitrogen and oxygen atoms in total. The molecule has 0 saturated carbocycles. The van der Waals surface area contributed by atoms with Gasteiger partial charge in [-0.15, -0.1) is 0 Å². The minimum Gasteiger partial charge on any atom is -0.461 e. The molecule has 2 saturated heterocycles. The molecule has 1 unspecified atom stereocenters. The summed E-state index contributed by atoms with van der Waals surface area (Å²) in [7, 11) is 3.96.